The SMILES string of the molecule is O=C(c1ccc(NS(=O)(=O)c2cccc(C(F)(F)F)c2)cc1)N1CC(O)(Cc2ccccc2)C1. The average Bonchev–Trinajstić information content (AvgIpc) is 2.77. The summed E-state index contributed by atoms with van der Waals surface area (Å²) in [6.07, 6.45) is -4.24. The van der Waals surface area contributed by atoms with Crippen molar-refractivity contribution in [2.75, 3.05) is 17.8 Å². The Morgan fingerprint density at radius 3 is 2.24 bits per heavy atom. The molecular formula is C24H21F3N2O4S. The average molecular weight is 491 g/mol. The minimum atomic E-state index is -4.67. The van der Waals surface area contributed by atoms with Gasteiger partial charge in [0.2, 0.25) is 0 Å². The number of amides is 1. The topological polar surface area (TPSA) is 86.7 Å². The van der Waals surface area contributed by atoms with Gasteiger partial charge in [-0.2, -0.15) is 13.2 Å². The number of hydrogen-bond donors (Lipinski definition) is 2. The molecule has 34 heavy (non-hydrogen) atoms. The van der Waals surface area contributed by atoms with Gasteiger partial charge in [-0.05, 0) is 48.0 Å². The molecule has 1 amide bonds. The predicted molar refractivity (Wildman–Crippen MR) is 120 cm³/mol. The molecule has 1 heterocycles. The molecule has 0 unspecified atom stereocenters. The molecule has 1 fully saturated rings. The van der Waals surface area contributed by atoms with Crippen LogP contribution in [-0.4, -0.2) is 43.0 Å². The summed E-state index contributed by atoms with van der Waals surface area (Å²) in [7, 11) is -4.26. The largest absolute Gasteiger partial charge is 0.416 e. The number of rotatable bonds is 6. The number of aliphatic hydroxyl groups is 1. The Balaban J connectivity index is 1.39. The van der Waals surface area contributed by atoms with Crippen LogP contribution in [0.3, 0.4) is 0 Å². The van der Waals surface area contributed by atoms with Crippen molar-refractivity contribution in [1.29, 1.82) is 0 Å². The molecule has 0 radical (unpaired) electrons. The fourth-order valence-electron chi connectivity index (χ4n) is 3.81. The third kappa shape index (κ3) is 5.23. The molecule has 1 aliphatic heterocycles. The Morgan fingerprint density at radius 1 is 0.971 bits per heavy atom. The standard InChI is InChI=1S/C24H21F3N2O4S/c25-24(26,27)19-7-4-8-21(13-19)34(32,33)28-20-11-9-18(10-12-20)22(30)29-15-23(31,16-29)14-17-5-2-1-3-6-17/h1-13,28,31H,14-16H2. The number of nitrogens with one attached hydrogen (secondary N) is 1. The van der Waals surface area contributed by atoms with Gasteiger partial charge in [-0.15, -0.1) is 0 Å². The molecule has 3 aromatic carbocycles. The van der Waals surface area contributed by atoms with E-state index in [1.807, 2.05) is 30.3 Å². The second kappa shape index (κ2) is 8.77. The molecule has 6 nitrogen and oxygen atoms in total. The van der Waals surface area contributed by atoms with E-state index < -0.39 is 32.3 Å². The van der Waals surface area contributed by atoms with Gasteiger partial charge in [0.05, 0.1) is 23.5 Å². The first-order valence-electron chi connectivity index (χ1n) is 10.3. The maximum atomic E-state index is 12.9. The minimum Gasteiger partial charge on any atom is -0.386 e. The number of anilines is 1. The highest BCUT2D eigenvalue weighted by Gasteiger charge is 2.43. The molecule has 3 aromatic rings. The van der Waals surface area contributed by atoms with Crippen molar-refractivity contribution in [3.63, 3.8) is 0 Å². The summed E-state index contributed by atoms with van der Waals surface area (Å²) in [5.74, 6) is -0.315. The van der Waals surface area contributed by atoms with Crippen LogP contribution in [0.25, 0.3) is 0 Å². The number of alkyl halides is 3. The van der Waals surface area contributed by atoms with Crippen LogP contribution in [0.5, 0.6) is 0 Å². The molecule has 0 atom stereocenters. The summed E-state index contributed by atoms with van der Waals surface area (Å²) >= 11 is 0. The number of sulfonamides is 1. The van der Waals surface area contributed by atoms with Gasteiger partial charge >= 0.3 is 6.18 Å². The van der Waals surface area contributed by atoms with Gasteiger partial charge in [0, 0.05) is 17.7 Å². The van der Waals surface area contributed by atoms with E-state index in [9.17, 15) is 31.5 Å². The van der Waals surface area contributed by atoms with Crippen molar-refractivity contribution >= 4 is 21.6 Å². The first-order valence-corrected chi connectivity index (χ1v) is 11.8. The van der Waals surface area contributed by atoms with E-state index in [0.717, 1.165) is 23.8 Å². The molecule has 0 aliphatic carbocycles. The van der Waals surface area contributed by atoms with E-state index in [2.05, 4.69) is 4.72 Å². The third-order valence-electron chi connectivity index (χ3n) is 5.49. The number of benzene rings is 3. The Kier molecular flexibility index (Phi) is 6.13. The molecule has 1 saturated heterocycles. The number of nitrogens with zero attached hydrogens (tertiary/aromatic N) is 1. The van der Waals surface area contributed by atoms with Crippen LogP contribution in [-0.2, 0) is 22.6 Å². The van der Waals surface area contributed by atoms with Crippen LogP contribution in [0, 0.1) is 0 Å². The number of β-amino-alcohol motifs (C(OH)–C–C–N with tert-alkyl or cyclic N) is 1. The van der Waals surface area contributed by atoms with E-state index in [0.29, 0.717) is 18.1 Å². The van der Waals surface area contributed by atoms with Crippen LogP contribution in [0.2, 0.25) is 0 Å². The van der Waals surface area contributed by atoms with Gasteiger partial charge in [-0.25, -0.2) is 8.42 Å². The maximum Gasteiger partial charge on any atom is 0.416 e. The van der Waals surface area contributed by atoms with Crippen molar-refractivity contribution in [1.82, 2.24) is 4.90 Å². The first kappa shape index (κ1) is 23.8. The van der Waals surface area contributed by atoms with E-state index in [-0.39, 0.29) is 24.7 Å². The summed E-state index contributed by atoms with van der Waals surface area (Å²) in [6, 6.07) is 18.4. The molecular weight excluding hydrogens is 469 g/mol. The molecule has 2 N–H and O–H groups in total. The van der Waals surface area contributed by atoms with Gasteiger partial charge in [-0.1, -0.05) is 36.4 Å². The number of carbonyl (C=O) groups is 1. The first-order chi connectivity index (χ1) is 16.0. The quantitative estimate of drug-likeness (QED) is 0.548. The lowest BCUT2D eigenvalue weighted by atomic mass is 9.86. The summed E-state index contributed by atoms with van der Waals surface area (Å²) in [6.45, 7) is 0.343. The smallest absolute Gasteiger partial charge is 0.386 e. The summed E-state index contributed by atoms with van der Waals surface area (Å²) < 4.78 is 65.9. The van der Waals surface area contributed by atoms with Gasteiger partial charge in [-0.3, -0.25) is 9.52 Å². The van der Waals surface area contributed by atoms with E-state index >= 15 is 0 Å². The van der Waals surface area contributed by atoms with Crippen molar-refractivity contribution in [3.05, 3.63) is 95.6 Å². The van der Waals surface area contributed by atoms with Crippen LogP contribution >= 0.6 is 0 Å². The fourth-order valence-corrected chi connectivity index (χ4v) is 4.92. The number of hydrogen-bond acceptors (Lipinski definition) is 4. The number of likely N-dealkylation sites (tertiary alicyclic amines) is 1. The zero-order valence-electron chi connectivity index (χ0n) is 17.8. The highest BCUT2D eigenvalue weighted by Crippen LogP contribution is 2.31. The monoisotopic (exact) mass is 490 g/mol. The van der Waals surface area contributed by atoms with Crippen molar-refractivity contribution < 1.29 is 31.5 Å². The highest BCUT2D eigenvalue weighted by molar-refractivity contribution is 7.92. The van der Waals surface area contributed by atoms with Crippen LogP contribution in [0.4, 0.5) is 18.9 Å². The second-order valence-corrected chi connectivity index (χ2v) is 9.94. The Morgan fingerprint density at radius 2 is 1.62 bits per heavy atom. The summed E-state index contributed by atoms with van der Waals surface area (Å²) in [5, 5.41) is 10.6. The van der Waals surface area contributed by atoms with Crippen LogP contribution in [0.15, 0.2) is 83.8 Å². The molecule has 10 heteroatoms. The third-order valence-corrected chi connectivity index (χ3v) is 6.87. The van der Waals surface area contributed by atoms with Gasteiger partial charge in [0.25, 0.3) is 15.9 Å². The zero-order valence-corrected chi connectivity index (χ0v) is 18.6. The molecule has 0 saturated carbocycles. The van der Waals surface area contributed by atoms with Crippen LogP contribution < -0.4 is 4.72 Å². The molecule has 0 spiro atoms. The number of carbonyl (C=O) groups excluding carboxylic acids is 1. The molecule has 0 bridgehead atoms. The normalized spacial score (nSPS) is 15.5. The van der Waals surface area contributed by atoms with Gasteiger partial charge < -0.3 is 10.0 Å². The molecule has 1 aliphatic rings. The Labute approximate surface area is 194 Å². The van der Waals surface area contributed by atoms with E-state index in [4.69, 9.17) is 0 Å². The zero-order chi connectivity index (χ0) is 24.6. The van der Waals surface area contributed by atoms with Crippen LogP contribution in [0.1, 0.15) is 21.5 Å². The highest BCUT2D eigenvalue weighted by atomic mass is 32.2. The lowest BCUT2D eigenvalue weighted by Gasteiger charge is -2.46. The lowest BCUT2D eigenvalue weighted by molar-refractivity contribution is -0.137. The predicted octanol–water partition coefficient (Wildman–Crippen LogP) is 3.94. The molecule has 178 valence electrons. The number of halogens is 3. The Hall–Kier alpha value is -3.37. The van der Waals surface area contributed by atoms with Crippen molar-refractivity contribution in [2.24, 2.45) is 0 Å². The lowest BCUT2D eigenvalue weighted by Crippen LogP contribution is -2.64. The van der Waals surface area contributed by atoms with Crippen molar-refractivity contribution in [2.45, 2.75) is 23.1 Å². The Bertz CT molecular complexity index is 1290. The maximum absolute atomic E-state index is 12.9. The van der Waals surface area contributed by atoms with Gasteiger partial charge in [0.15, 0.2) is 0 Å². The second-order valence-electron chi connectivity index (χ2n) is 8.26. The minimum absolute atomic E-state index is 0.0955. The van der Waals surface area contributed by atoms with E-state index in [1.54, 1.807) is 0 Å². The fraction of sp³-hybridized carbons (Fsp3) is 0.208. The van der Waals surface area contributed by atoms with E-state index in [1.165, 1.54) is 29.2 Å². The molecule has 0 aromatic heterocycles. The summed E-state index contributed by atoms with van der Waals surface area (Å²) in [5.41, 5.74) is -0.716. The van der Waals surface area contributed by atoms with Crippen molar-refractivity contribution in [3.8, 4) is 0 Å². The molecule has 4 rings (SSSR count). The summed E-state index contributed by atoms with van der Waals surface area (Å²) in [4.78, 5) is 13.7. The van der Waals surface area contributed by atoms with Gasteiger partial charge in [0.1, 0.15) is 5.60 Å².